The van der Waals surface area contributed by atoms with E-state index in [9.17, 15) is 9.18 Å². The molecule has 0 bridgehead atoms. The quantitative estimate of drug-likeness (QED) is 0.603. The average Bonchev–Trinajstić information content (AvgIpc) is 3.34. The first kappa shape index (κ1) is 18.3. The molecule has 0 spiro atoms. The number of rotatable bonds is 5. The second-order valence-electron chi connectivity index (χ2n) is 7.61. The fourth-order valence-electron chi connectivity index (χ4n) is 3.31. The smallest absolute Gasteiger partial charge is 0.232 e. The molecule has 0 unspecified atom stereocenters. The predicted molar refractivity (Wildman–Crippen MR) is 112 cm³/mol. The van der Waals surface area contributed by atoms with Gasteiger partial charge in [0.15, 0.2) is 5.65 Å². The molecule has 2 aromatic heterocycles. The van der Waals surface area contributed by atoms with E-state index < -0.39 is 0 Å². The minimum absolute atomic E-state index is 0.0919. The first-order valence-electron chi connectivity index (χ1n) is 9.71. The van der Waals surface area contributed by atoms with Gasteiger partial charge in [-0.2, -0.15) is 19.6 Å². The second-order valence-corrected chi connectivity index (χ2v) is 7.61. The Hall–Kier alpha value is -3.75. The van der Waals surface area contributed by atoms with E-state index in [2.05, 4.69) is 37.6 Å². The molecule has 1 amide bonds. The number of fused-ring (bicyclic) bond motifs is 1. The number of anilines is 3. The van der Waals surface area contributed by atoms with Gasteiger partial charge < -0.3 is 16.0 Å². The lowest BCUT2D eigenvalue weighted by Gasteiger charge is -2.11. The molecular formula is C21H20FN7O. The third-order valence-electron chi connectivity index (χ3n) is 5.03. The average molecular weight is 405 g/mol. The van der Waals surface area contributed by atoms with Crippen molar-refractivity contribution in [2.45, 2.75) is 32.2 Å². The molecule has 1 saturated heterocycles. The summed E-state index contributed by atoms with van der Waals surface area (Å²) in [6.07, 6.45) is 5.89. The third-order valence-corrected chi connectivity index (χ3v) is 5.03. The van der Waals surface area contributed by atoms with Crippen molar-refractivity contribution < 1.29 is 9.18 Å². The summed E-state index contributed by atoms with van der Waals surface area (Å²) in [5.74, 6) is 0.311. The molecule has 30 heavy (non-hydrogen) atoms. The van der Waals surface area contributed by atoms with Crippen LogP contribution >= 0.6 is 0 Å². The van der Waals surface area contributed by atoms with Gasteiger partial charge in [0.05, 0.1) is 18.3 Å². The van der Waals surface area contributed by atoms with Crippen LogP contribution in [0.1, 0.15) is 30.4 Å². The van der Waals surface area contributed by atoms with Crippen molar-refractivity contribution in [2.24, 2.45) is 0 Å². The largest absolute Gasteiger partial charge is 0.351 e. The van der Waals surface area contributed by atoms with E-state index in [1.54, 1.807) is 22.8 Å². The molecule has 9 heteroatoms. The Bertz CT molecular complexity index is 1230. The van der Waals surface area contributed by atoms with Crippen molar-refractivity contribution in [3.63, 3.8) is 0 Å². The Morgan fingerprint density at radius 3 is 2.90 bits per heavy atom. The van der Waals surface area contributed by atoms with Gasteiger partial charge >= 0.3 is 0 Å². The van der Waals surface area contributed by atoms with Gasteiger partial charge in [0.2, 0.25) is 17.8 Å². The summed E-state index contributed by atoms with van der Waals surface area (Å²) >= 11 is 0. The van der Waals surface area contributed by atoms with E-state index >= 15 is 0 Å². The minimum atomic E-state index is -0.386. The number of halogens is 1. The maximum atomic E-state index is 14.3. The Morgan fingerprint density at radius 2 is 2.17 bits per heavy atom. The highest BCUT2D eigenvalue weighted by Gasteiger charge is 2.25. The normalized spacial score (nSPS) is 17.6. The van der Waals surface area contributed by atoms with Crippen LogP contribution in [0.4, 0.5) is 22.0 Å². The van der Waals surface area contributed by atoms with E-state index in [4.69, 9.17) is 0 Å². The highest BCUT2D eigenvalue weighted by atomic mass is 19.1. The van der Waals surface area contributed by atoms with Gasteiger partial charge in [-0.25, -0.2) is 4.39 Å². The molecule has 3 heterocycles. The molecule has 3 N–H and O–H groups in total. The number of carbonyl (C=O) groups is 1. The highest BCUT2D eigenvalue weighted by Crippen LogP contribution is 2.28. The highest BCUT2D eigenvalue weighted by molar-refractivity contribution is 5.89. The van der Waals surface area contributed by atoms with Gasteiger partial charge in [0.25, 0.3) is 0 Å². The molecular weight excluding hydrogens is 385 g/mol. The lowest BCUT2D eigenvalue weighted by Crippen LogP contribution is -2.12. The standard InChI is InChI=1S/C21H20FN7O/c1-11-3-6-16(22)17(7-11)26-20-27-19-14(8-13-9-18(30)24-12(13)2)10-23-29(19)21(28-20)25-15-4-5-15/h3,6-8,10,15H,2,4-5,9H2,1H3,(H,24,30)(H2,25,26,27,28)/b13-8+. The lowest BCUT2D eigenvalue weighted by molar-refractivity contribution is -0.118. The number of aryl methyl sites for hydroxylation is 1. The van der Waals surface area contributed by atoms with Crippen LogP contribution in [0.3, 0.4) is 0 Å². The van der Waals surface area contributed by atoms with Gasteiger partial charge in [-0.05, 0) is 49.1 Å². The van der Waals surface area contributed by atoms with Gasteiger partial charge in [-0.3, -0.25) is 4.79 Å². The number of nitrogens with one attached hydrogen (secondary N) is 3. The Morgan fingerprint density at radius 1 is 1.33 bits per heavy atom. The van der Waals surface area contributed by atoms with Crippen LogP contribution in [0, 0.1) is 12.7 Å². The number of hydrogen-bond acceptors (Lipinski definition) is 6. The lowest BCUT2D eigenvalue weighted by atomic mass is 10.1. The molecule has 2 fully saturated rings. The van der Waals surface area contributed by atoms with E-state index in [0.29, 0.717) is 29.0 Å². The summed E-state index contributed by atoms with van der Waals surface area (Å²) in [6.45, 7) is 5.77. The van der Waals surface area contributed by atoms with E-state index in [1.165, 1.54) is 6.07 Å². The molecule has 5 rings (SSSR count). The number of benzene rings is 1. The molecule has 1 saturated carbocycles. The van der Waals surface area contributed by atoms with Crippen molar-refractivity contribution in [2.75, 3.05) is 10.6 Å². The van der Waals surface area contributed by atoms with Gasteiger partial charge in [-0.15, -0.1) is 0 Å². The molecule has 0 atom stereocenters. The minimum Gasteiger partial charge on any atom is -0.351 e. The Balaban J connectivity index is 1.59. The number of carbonyl (C=O) groups excluding carboxylic acids is 1. The monoisotopic (exact) mass is 405 g/mol. The summed E-state index contributed by atoms with van der Waals surface area (Å²) in [4.78, 5) is 20.7. The van der Waals surface area contributed by atoms with E-state index in [-0.39, 0.29) is 24.1 Å². The molecule has 3 aromatic rings. The van der Waals surface area contributed by atoms with Crippen molar-refractivity contribution in [1.29, 1.82) is 0 Å². The molecule has 1 aliphatic heterocycles. The van der Waals surface area contributed by atoms with Crippen LogP contribution in [0.25, 0.3) is 11.7 Å². The molecule has 152 valence electrons. The molecule has 8 nitrogen and oxygen atoms in total. The molecule has 2 aliphatic rings. The van der Waals surface area contributed by atoms with E-state index in [1.807, 2.05) is 13.0 Å². The number of aromatic nitrogens is 4. The Kier molecular flexibility index (Phi) is 4.23. The fourth-order valence-corrected chi connectivity index (χ4v) is 3.31. The number of hydrogen-bond donors (Lipinski definition) is 3. The molecule has 0 radical (unpaired) electrons. The topological polar surface area (TPSA) is 96.2 Å². The van der Waals surface area contributed by atoms with Crippen LogP contribution in [0.2, 0.25) is 0 Å². The number of allylic oxidation sites excluding steroid dienone is 1. The van der Waals surface area contributed by atoms with Crippen LogP contribution in [-0.2, 0) is 4.79 Å². The third kappa shape index (κ3) is 3.49. The maximum absolute atomic E-state index is 14.3. The summed E-state index contributed by atoms with van der Waals surface area (Å²) in [7, 11) is 0. The van der Waals surface area contributed by atoms with Crippen molar-refractivity contribution in [3.8, 4) is 0 Å². The van der Waals surface area contributed by atoms with Gasteiger partial charge in [0.1, 0.15) is 5.82 Å². The second kappa shape index (κ2) is 6.94. The number of amides is 1. The fraction of sp³-hybridized carbons (Fsp3) is 0.238. The van der Waals surface area contributed by atoms with Crippen molar-refractivity contribution >= 4 is 35.2 Å². The summed E-state index contributed by atoms with van der Waals surface area (Å²) in [5, 5.41) is 13.4. The SMILES string of the molecule is C=C1NC(=O)C/C1=C\c1cnn2c(NC3CC3)nc(Nc3cc(C)ccc3F)nc12. The first-order chi connectivity index (χ1) is 14.5. The van der Waals surface area contributed by atoms with Crippen molar-refractivity contribution in [1.82, 2.24) is 24.9 Å². The maximum Gasteiger partial charge on any atom is 0.232 e. The predicted octanol–water partition coefficient (Wildman–Crippen LogP) is 3.31. The van der Waals surface area contributed by atoms with Gasteiger partial charge in [0, 0.05) is 17.3 Å². The van der Waals surface area contributed by atoms with Crippen LogP contribution < -0.4 is 16.0 Å². The summed E-state index contributed by atoms with van der Waals surface area (Å²) in [6, 6.07) is 5.16. The van der Waals surface area contributed by atoms with Crippen LogP contribution in [-0.4, -0.2) is 31.5 Å². The zero-order valence-electron chi connectivity index (χ0n) is 16.4. The molecule has 1 aliphatic carbocycles. The zero-order valence-corrected chi connectivity index (χ0v) is 16.4. The zero-order chi connectivity index (χ0) is 20.8. The molecule has 1 aromatic carbocycles. The number of nitrogens with zero attached hydrogens (tertiary/aromatic N) is 4. The first-order valence-corrected chi connectivity index (χ1v) is 9.71. The van der Waals surface area contributed by atoms with Gasteiger partial charge in [-0.1, -0.05) is 12.6 Å². The summed E-state index contributed by atoms with van der Waals surface area (Å²) in [5.41, 5.74) is 3.84. The van der Waals surface area contributed by atoms with Crippen LogP contribution in [0.5, 0.6) is 0 Å². The Labute approximate surface area is 171 Å². The van der Waals surface area contributed by atoms with E-state index in [0.717, 1.165) is 29.5 Å². The summed E-state index contributed by atoms with van der Waals surface area (Å²) < 4.78 is 15.9. The van der Waals surface area contributed by atoms with Crippen LogP contribution in [0.15, 0.2) is 42.2 Å². The van der Waals surface area contributed by atoms with Crippen molar-refractivity contribution in [3.05, 3.63) is 59.2 Å².